The average molecular weight is 314 g/mol. The molecule has 0 aliphatic heterocycles. The standard InChI is InChI=1S/C16H18N4OS/c1-20(2)13(14-8-5-9-22-14)10-17-16-18-12-7-4-3-6-11(12)15(21)19-16/h3-9,13H,10H2,1-2H3,(H2,17,18,19,21)/t13-/m1/s1. The molecule has 1 atom stereocenters. The maximum Gasteiger partial charge on any atom is 0.260 e. The number of hydrogen-bond donors (Lipinski definition) is 2. The molecule has 0 unspecified atom stereocenters. The summed E-state index contributed by atoms with van der Waals surface area (Å²) in [6.07, 6.45) is 0. The number of hydrogen-bond acceptors (Lipinski definition) is 5. The third kappa shape index (κ3) is 3.03. The number of aromatic amines is 1. The largest absolute Gasteiger partial charge is 0.354 e. The van der Waals surface area contributed by atoms with Crippen LogP contribution in [0.2, 0.25) is 0 Å². The van der Waals surface area contributed by atoms with Crippen molar-refractivity contribution in [1.29, 1.82) is 0 Å². The summed E-state index contributed by atoms with van der Waals surface area (Å²) in [5, 5.41) is 5.92. The van der Waals surface area contributed by atoms with Gasteiger partial charge in [0.15, 0.2) is 0 Å². The minimum Gasteiger partial charge on any atom is -0.354 e. The van der Waals surface area contributed by atoms with Crippen LogP contribution in [0.4, 0.5) is 5.95 Å². The molecule has 2 aromatic heterocycles. The summed E-state index contributed by atoms with van der Waals surface area (Å²) < 4.78 is 0. The number of aromatic nitrogens is 2. The highest BCUT2D eigenvalue weighted by molar-refractivity contribution is 7.10. The average Bonchev–Trinajstić information content (AvgIpc) is 3.01. The smallest absolute Gasteiger partial charge is 0.260 e. The minimum atomic E-state index is -0.120. The molecule has 0 aliphatic rings. The first-order valence-corrected chi connectivity index (χ1v) is 7.96. The summed E-state index contributed by atoms with van der Waals surface area (Å²) in [4.78, 5) is 22.8. The van der Waals surface area contributed by atoms with Gasteiger partial charge in [-0.25, -0.2) is 4.98 Å². The highest BCUT2D eigenvalue weighted by Crippen LogP contribution is 2.23. The number of nitrogens with zero attached hydrogens (tertiary/aromatic N) is 2. The number of anilines is 1. The topological polar surface area (TPSA) is 61.0 Å². The Balaban J connectivity index is 1.82. The van der Waals surface area contributed by atoms with Crippen molar-refractivity contribution in [2.45, 2.75) is 6.04 Å². The van der Waals surface area contributed by atoms with Crippen LogP contribution in [0, 0.1) is 0 Å². The van der Waals surface area contributed by atoms with Crippen molar-refractivity contribution in [3.8, 4) is 0 Å². The maximum atomic E-state index is 12.1. The summed E-state index contributed by atoms with van der Waals surface area (Å²) in [5.74, 6) is 0.507. The van der Waals surface area contributed by atoms with Crippen LogP contribution in [-0.2, 0) is 0 Å². The van der Waals surface area contributed by atoms with Gasteiger partial charge in [0.1, 0.15) is 0 Å². The van der Waals surface area contributed by atoms with Gasteiger partial charge < -0.3 is 10.2 Å². The van der Waals surface area contributed by atoms with Crippen molar-refractivity contribution >= 4 is 28.2 Å². The number of thiophene rings is 1. The van der Waals surface area contributed by atoms with Crippen molar-refractivity contribution in [3.63, 3.8) is 0 Å². The Morgan fingerprint density at radius 3 is 2.82 bits per heavy atom. The first-order valence-electron chi connectivity index (χ1n) is 7.08. The molecule has 0 saturated heterocycles. The summed E-state index contributed by atoms with van der Waals surface area (Å²) >= 11 is 1.73. The van der Waals surface area contributed by atoms with Crippen LogP contribution < -0.4 is 10.9 Å². The van der Waals surface area contributed by atoms with Crippen molar-refractivity contribution in [2.24, 2.45) is 0 Å². The highest BCUT2D eigenvalue weighted by atomic mass is 32.1. The normalized spacial score (nSPS) is 12.7. The molecule has 0 spiro atoms. The number of benzene rings is 1. The van der Waals surface area contributed by atoms with E-state index in [1.807, 2.05) is 38.4 Å². The van der Waals surface area contributed by atoms with Gasteiger partial charge in [-0.3, -0.25) is 9.78 Å². The second-order valence-corrected chi connectivity index (χ2v) is 6.29. The van der Waals surface area contributed by atoms with E-state index in [2.05, 4.69) is 31.6 Å². The first kappa shape index (κ1) is 14.7. The van der Waals surface area contributed by atoms with Crippen LogP contribution in [-0.4, -0.2) is 35.5 Å². The lowest BCUT2D eigenvalue weighted by atomic mass is 10.2. The highest BCUT2D eigenvalue weighted by Gasteiger charge is 2.15. The van der Waals surface area contributed by atoms with Crippen molar-refractivity contribution in [1.82, 2.24) is 14.9 Å². The summed E-state index contributed by atoms with van der Waals surface area (Å²) in [5.41, 5.74) is 0.580. The van der Waals surface area contributed by atoms with E-state index in [0.29, 0.717) is 23.4 Å². The fourth-order valence-corrected chi connectivity index (χ4v) is 3.30. The number of likely N-dealkylation sites (N-methyl/N-ethyl adjacent to an activating group) is 1. The van der Waals surface area contributed by atoms with Gasteiger partial charge >= 0.3 is 0 Å². The molecule has 2 heterocycles. The van der Waals surface area contributed by atoms with E-state index in [9.17, 15) is 4.79 Å². The number of H-pyrrole nitrogens is 1. The zero-order valence-corrected chi connectivity index (χ0v) is 13.4. The predicted molar refractivity (Wildman–Crippen MR) is 91.6 cm³/mol. The molecule has 0 saturated carbocycles. The molecule has 0 bridgehead atoms. The van der Waals surface area contributed by atoms with E-state index >= 15 is 0 Å². The lowest BCUT2D eigenvalue weighted by molar-refractivity contribution is 0.316. The van der Waals surface area contributed by atoms with Crippen LogP contribution >= 0.6 is 11.3 Å². The number of rotatable bonds is 5. The van der Waals surface area contributed by atoms with E-state index < -0.39 is 0 Å². The third-order valence-corrected chi connectivity index (χ3v) is 4.54. The van der Waals surface area contributed by atoms with E-state index in [4.69, 9.17) is 0 Å². The molecule has 0 radical (unpaired) electrons. The van der Waals surface area contributed by atoms with Gasteiger partial charge in [-0.1, -0.05) is 18.2 Å². The second kappa shape index (κ2) is 6.29. The van der Waals surface area contributed by atoms with Crippen molar-refractivity contribution in [2.75, 3.05) is 26.0 Å². The van der Waals surface area contributed by atoms with Crippen LogP contribution in [0.1, 0.15) is 10.9 Å². The van der Waals surface area contributed by atoms with Crippen LogP contribution in [0.15, 0.2) is 46.6 Å². The fourth-order valence-electron chi connectivity index (χ4n) is 2.38. The molecule has 0 aliphatic carbocycles. The Morgan fingerprint density at radius 2 is 2.09 bits per heavy atom. The van der Waals surface area contributed by atoms with Crippen molar-refractivity contribution < 1.29 is 0 Å². The Labute approximate surface area is 132 Å². The van der Waals surface area contributed by atoms with Gasteiger partial charge in [-0.05, 0) is 37.7 Å². The summed E-state index contributed by atoms with van der Waals surface area (Å²) in [6, 6.07) is 11.7. The van der Waals surface area contributed by atoms with Crippen LogP contribution in [0.5, 0.6) is 0 Å². The zero-order valence-electron chi connectivity index (χ0n) is 12.5. The Kier molecular flexibility index (Phi) is 4.22. The molecule has 6 heteroatoms. The number of para-hydroxylation sites is 1. The lowest BCUT2D eigenvalue weighted by Crippen LogP contribution is -2.27. The minimum absolute atomic E-state index is 0.120. The quantitative estimate of drug-likeness (QED) is 0.760. The molecule has 0 fully saturated rings. The molecular formula is C16H18N4OS. The monoisotopic (exact) mass is 314 g/mol. The van der Waals surface area contributed by atoms with Gasteiger partial charge in [0, 0.05) is 11.4 Å². The molecule has 22 heavy (non-hydrogen) atoms. The summed E-state index contributed by atoms with van der Waals surface area (Å²) in [7, 11) is 4.09. The molecule has 0 amide bonds. The van der Waals surface area contributed by atoms with Gasteiger partial charge in [-0.2, -0.15) is 0 Å². The molecule has 3 rings (SSSR count). The van der Waals surface area contributed by atoms with Crippen molar-refractivity contribution in [3.05, 3.63) is 57.0 Å². The molecular weight excluding hydrogens is 296 g/mol. The molecule has 5 nitrogen and oxygen atoms in total. The van der Waals surface area contributed by atoms with Gasteiger partial charge in [0.2, 0.25) is 5.95 Å². The first-order chi connectivity index (χ1) is 10.6. The molecule has 3 aromatic rings. The van der Waals surface area contributed by atoms with E-state index in [-0.39, 0.29) is 11.6 Å². The summed E-state index contributed by atoms with van der Waals surface area (Å²) in [6.45, 7) is 0.675. The maximum absolute atomic E-state index is 12.1. The van der Waals surface area contributed by atoms with Crippen LogP contribution in [0.3, 0.4) is 0 Å². The Morgan fingerprint density at radius 1 is 1.27 bits per heavy atom. The van der Waals surface area contributed by atoms with E-state index in [1.54, 1.807) is 17.4 Å². The Bertz CT molecular complexity index is 810. The Hall–Kier alpha value is -2.18. The van der Waals surface area contributed by atoms with E-state index in [1.165, 1.54) is 4.88 Å². The predicted octanol–water partition coefficient (Wildman–Crippen LogP) is 2.70. The van der Waals surface area contributed by atoms with E-state index in [0.717, 1.165) is 0 Å². The van der Waals surface area contributed by atoms with Gasteiger partial charge in [0.25, 0.3) is 5.56 Å². The second-order valence-electron chi connectivity index (χ2n) is 5.31. The third-order valence-electron chi connectivity index (χ3n) is 3.57. The molecule has 1 aromatic carbocycles. The SMILES string of the molecule is CN(C)[C@H](CNc1nc2ccccc2c(=O)[nH]1)c1cccs1. The number of fused-ring (bicyclic) bond motifs is 1. The molecule has 2 N–H and O–H groups in total. The van der Waals surface area contributed by atoms with Gasteiger partial charge in [0.05, 0.1) is 16.9 Å². The van der Waals surface area contributed by atoms with Gasteiger partial charge in [-0.15, -0.1) is 11.3 Å². The lowest BCUT2D eigenvalue weighted by Gasteiger charge is -2.23. The van der Waals surface area contributed by atoms with Crippen LogP contribution in [0.25, 0.3) is 10.9 Å². The number of nitrogens with one attached hydrogen (secondary N) is 2. The fraction of sp³-hybridized carbons (Fsp3) is 0.250. The molecule has 114 valence electrons. The zero-order chi connectivity index (χ0) is 15.5.